The van der Waals surface area contributed by atoms with Gasteiger partial charge in [-0.3, -0.25) is 9.88 Å². The Kier molecular flexibility index (Phi) is 7.13. The zero-order valence-electron chi connectivity index (χ0n) is 18.0. The Morgan fingerprint density at radius 3 is 2.62 bits per heavy atom. The van der Waals surface area contributed by atoms with Gasteiger partial charge in [-0.25, -0.2) is 14.0 Å². The Balaban J connectivity index is 1.39. The van der Waals surface area contributed by atoms with E-state index in [0.717, 1.165) is 38.8 Å². The second-order valence-electron chi connectivity index (χ2n) is 8.40. The Morgan fingerprint density at radius 1 is 1.19 bits per heavy atom. The van der Waals surface area contributed by atoms with Crippen LogP contribution in [0.3, 0.4) is 0 Å². The van der Waals surface area contributed by atoms with Gasteiger partial charge in [-0.2, -0.15) is 4.98 Å². The molecule has 1 saturated heterocycles. The number of anilines is 1. The fourth-order valence-electron chi connectivity index (χ4n) is 4.13. The fourth-order valence-corrected chi connectivity index (χ4v) is 4.13. The highest BCUT2D eigenvalue weighted by Crippen LogP contribution is 2.19. The molecule has 10 heteroatoms. The highest BCUT2D eigenvalue weighted by molar-refractivity contribution is 5.88. The summed E-state index contributed by atoms with van der Waals surface area (Å²) in [6.07, 6.45) is 5.46. The smallest absolute Gasteiger partial charge is 0.328 e. The number of piperazine rings is 1. The predicted molar refractivity (Wildman–Crippen MR) is 120 cm³/mol. The third kappa shape index (κ3) is 5.50. The van der Waals surface area contributed by atoms with Gasteiger partial charge in [0.05, 0.1) is 5.69 Å². The van der Waals surface area contributed by atoms with E-state index in [9.17, 15) is 14.0 Å². The van der Waals surface area contributed by atoms with E-state index in [1.807, 2.05) is 0 Å². The average molecular weight is 444 g/mol. The van der Waals surface area contributed by atoms with Crippen LogP contribution in [0, 0.1) is 5.82 Å². The standard InChI is InChI=1S/C22H30FN7O2/c23-19-13-18(6-1-15(19)14-26-17-4-2-16(24)3-5-17)30-10-7-20(28-22(30)32)27-21(31)29-11-8-25-9-12-29/h1,6-7,10,13,16-17,25-26H,2-5,8-9,11-12,14,24H2,(H,27,28,31,32)/t16-,17-. The SMILES string of the molecule is N[C@H]1CC[C@H](NCc2ccc(-n3ccc(NC(=O)N4CCNCC4)nc3=O)cc2F)CC1. The van der Waals surface area contributed by atoms with E-state index in [-0.39, 0.29) is 23.7 Å². The lowest BCUT2D eigenvalue weighted by Gasteiger charge is -2.27. The van der Waals surface area contributed by atoms with Gasteiger partial charge in [0.15, 0.2) is 0 Å². The third-order valence-corrected chi connectivity index (χ3v) is 6.11. The van der Waals surface area contributed by atoms with Crippen LogP contribution in [0.15, 0.2) is 35.3 Å². The minimum absolute atomic E-state index is 0.170. The summed E-state index contributed by atoms with van der Waals surface area (Å²) in [5, 5.41) is 9.22. The molecule has 0 unspecified atom stereocenters. The van der Waals surface area contributed by atoms with Crippen LogP contribution in [-0.4, -0.2) is 58.7 Å². The predicted octanol–water partition coefficient (Wildman–Crippen LogP) is 1.17. The van der Waals surface area contributed by atoms with Gasteiger partial charge in [-0.05, 0) is 43.9 Å². The van der Waals surface area contributed by atoms with Crippen molar-refractivity contribution in [3.8, 4) is 5.69 Å². The Labute approximate surface area is 186 Å². The number of benzene rings is 1. The van der Waals surface area contributed by atoms with Crippen molar-refractivity contribution in [1.29, 1.82) is 0 Å². The minimum Gasteiger partial charge on any atom is -0.328 e. The molecule has 2 heterocycles. The number of hydrogen-bond donors (Lipinski definition) is 4. The number of aromatic nitrogens is 2. The summed E-state index contributed by atoms with van der Waals surface area (Å²) in [4.78, 5) is 30.4. The summed E-state index contributed by atoms with van der Waals surface area (Å²) in [5.41, 5.74) is 6.27. The maximum atomic E-state index is 14.7. The van der Waals surface area contributed by atoms with E-state index in [1.54, 1.807) is 17.0 Å². The number of carbonyl (C=O) groups is 1. The molecule has 1 aromatic carbocycles. The number of amides is 2. The molecule has 32 heavy (non-hydrogen) atoms. The van der Waals surface area contributed by atoms with Crippen molar-refractivity contribution in [2.24, 2.45) is 5.73 Å². The zero-order chi connectivity index (χ0) is 22.5. The molecule has 2 aromatic rings. The third-order valence-electron chi connectivity index (χ3n) is 6.11. The van der Waals surface area contributed by atoms with E-state index < -0.39 is 5.69 Å². The number of rotatable bonds is 5. The van der Waals surface area contributed by atoms with Crippen LogP contribution in [0.1, 0.15) is 31.2 Å². The Bertz CT molecular complexity index is 998. The molecule has 2 aliphatic rings. The van der Waals surface area contributed by atoms with Crippen molar-refractivity contribution in [3.05, 3.63) is 52.3 Å². The van der Waals surface area contributed by atoms with E-state index in [4.69, 9.17) is 5.73 Å². The van der Waals surface area contributed by atoms with Crippen LogP contribution in [0.25, 0.3) is 5.69 Å². The second kappa shape index (κ2) is 10.2. The van der Waals surface area contributed by atoms with Crippen molar-refractivity contribution in [3.63, 3.8) is 0 Å². The molecular weight excluding hydrogens is 413 g/mol. The van der Waals surface area contributed by atoms with Crippen LogP contribution >= 0.6 is 0 Å². The van der Waals surface area contributed by atoms with E-state index in [0.29, 0.717) is 36.9 Å². The van der Waals surface area contributed by atoms with Gasteiger partial charge >= 0.3 is 11.7 Å². The molecule has 9 nitrogen and oxygen atoms in total. The molecule has 0 radical (unpaired) electrons. The van der Waals surface area contributed by atoms with Crippen LogP contribution in [-0.2, 0) is 6.54 Å². The monoisotopic (exact) mass is 443 g/mol. The van der Waals surface area contributed by atoms with Crippen LogP contribution in [0.2, 0.25) is 0 Å². The van der Waals surface area contributed by atoms with Gasteiger partial charge in [0.2, 0.25) is 0 Å². The summed E-state index contributed by atoms with van der Waals surface area (Å²) < 4.78 is 15.9. The van der Waals surface area contributed by atoms with Gasteiger partial charge < -0.3 is 21.3 Å². The molecule has 2 fully saturated rings. The summed E-state index contributed by atoms with van der Waals surface area (Å²) in [7, 11) is 0. The normalized spacial score (nSPS) is 21.4. The van der Waals surface area contributed by atoms with Gasteiger partial charge in [-0.15, -0.1) is 0 Å². The van der Waals surface area contributed by atoms with Crippen LogP contribution < -0.4 is 27.4 Å². The number of hydrogen-bond acceptors (Lipinski definition) is 6. The van der Waals surface area contributed by atoms with E-state index in [2.05, 4.69) is 20.9 Å². The van der Waals surface area contributed by atoms with Crippen LogP contribution in [0.4, 0.5) is 15.0 Å². The largest absolute Gasteiger partial charge is 0.354 e. The van der Waals surface area contributed by atoms with Crippen molar-refractivity contribution in [1.82, 2.24) is 25.1 Å². The highest BCUT2D eigenvalue weighted by atomic mass is 19.1. The van der Waals surface area contributed by atoms with E-state index in [1.165, 1.54) is 22.9 Å². The quantitative estimate of drug-likeness (QED) is 0.551. The molecule has 1 aliphatic carbocycles. The summed E-state index contributed by atoms with van der Waals surface area (Å²) in [6.45, 7) is 3.08. The molecule has 0 bridgehead atoms. The first-order valence-corrected chi connectivity index (χ1v) is 11.1. The number of nitrogens with one attached hydrogen (secondary N) is 3. The molecule has 4 rings (SSSR count). The number of urea groups is 1. The number of carbonyl (C=O) groups excluding carboxylic acids is 1. The average Bonchev–Trinajstić information content (AvgIpc) is 2.80. The van der Waals surface area contributed by atoms with Crippen molar-refractivity contribution < 1.29 is 9.18 Å². The summed E-state index contributed by atoms with van der Waals surface area (Å²) in [6, 6.07) is 6.57. The van der Waals surface area contributed by atoms with E-state index >= 15 is 0 Å². The number of halogens is 1. The molecular formula is C22H30FN7O2. The first-order valence-electron chi connectivity index (χ1n) is 11.1. The topological polar surface area (TPSA) is 117 Å². The van der Waals surface area contributed by atoms with Crippen molar-refractivity contribution in [2.45, 2.75) is 44.3 Å². The van der Waals surface area contributed by atoms with Gasteiger partial charge in [0.25, 0.3) is 0 Å². The molecule has 1 aromatic heterocycles. The number of nitrogens with two attached hydrogens (primary N) is 1. The lowest BCUT2D eigenvalue weighted by atomic mass is 9.92. The molecule has 172 valence electrons. The Hall–Kier alpha value is -2.82. The molecule has 1 saturated carbocycles. The number of nitrogens with zero attached hydrogens (tertiary/aromatic N) is 3. The van der Waals surface area contributed by atoms with Gasteiger partial charge in [0, 0.05) is 56.6 Å². The Morgan fingerprint density at radius 2 is 1.94 bits per heavy atom. The molecule has 0 spiro atoms. The second-order valence-corrected chi connectivity index (χ2v) is 8.40. The lowest BCUT2D eigenvalue weighted by molar-refractivity contribution is 0.204. The fraction of sp³-hybridized carbons (Fsp3) is 0.500. The van der Waals surface area contributed by atoms with Gasteiger partial charge in [0.1, 0.15) is 11.6 Å². The molecule has 1 aliphatic heterocycles. The van der Waals surface area contributed by atoms with Crippen molar-refractivity contribution in [2.75, 3.05) is 31.5 Å². The highest BCUT2D eigenvalue weighted by Gasteiger charge is 2.19. The minimum atomic E-state index is -0.591. The summed E-state index contributed by atoms with van der Waals surface area (Å²) >= 11 is 0. The first kappa shape index (κ1) is 22.4. The molecule has 5 N–H and O–H groups in total. The van der Waals surface area contributed by atoms with Crippen LogP contribution in [0.5, 0.6) is 0 Å². The molecule has 0 atom stereocenters. The van der Waals surface area contributed by atoms with Crippen molar-refractivity contribution >= 4 is 11.8 Å². The lowest BCUT2D eigenvalue weighted by Crippen LogP contribution is -2.48. The maximum Gasteiger partial charge on any atom is 0.354 e. The van der Waals surface area contributed by atoms with Gasteiger partial charge in [-0.1, -0.05) is 6.07 Å². The first-order chi connectivity index (χ1) is 15.5. The molecule has 2 amide bonds. The maximum absolute atomic E-state index is 14.7. The zero-order valence-corrected chi connectivity index (χ0v) is 18.0. The summed E-state index contributed by atoms with van der Waals surface area (Å²) in [5.74, 6) is -0.214.